The number of aryl methyl sites for hydroxylation is 2. The zero-order valence-corrected chi connectivity index (χ0v) is 11.5. The van der Waals surface area contributed by atoms with Crippen molar-refractivity contribution in [3.63, 3.8) is 0 Å². The lowest BCUT2D eigenvalue weighted by Gasteiger charge is -2.07. The molecule has 2 aromatic rings. The van der Waals surface area contributed by atoms with Gasteiger partial charge in [0.15, 0.2) is 0 Å². The van der Waals surface area contributed by atoms with Gasteiger partial charge in [-0.15, -0.1) is 0 Å². The lowest BCUT2D eigenvalue weighted by atomic mass is 10.1. The number of aromatic nitrogens is 1. The molecule has 0 fully saturated rings. The Morgan fingerprint density at radius 1 is 1.33 bits per heavy atom. The molecule has 1 aromatic carbocycles. The minimum Gasteiger partial charge on any atom is -0.485 e. The van der Waals surface area contributed by atoms with Crippen molar-refractivity contribution >= 4 is 19.6 Å². The molecule has 0 saturated carbocycles. The molecule has 0 amide bonds. The van der Waals surface area contributed by atoms with Crippen LogP contribution in [-0.4, -0.2) is 6.61 Å². The van der Waals surface area contributed by atoms with Crippen molar-refractivity contribution in [1.29, 1.82) is 0 Å². The van der Waals surface area contributed by atoms with Gasteiger partial charge in [-0.25, -0.2) is 4.57 Å². The van der Waals surface area contributed by atoms with Gasteiger partial charge in [0.2, 0.25) is 11.3 Å². The second-order valence-electron chi connectivity index (χ2n) is 4.03. The average molecular weight is 264 g/mol. The molecule has 0 atom stereocenters. The lowest BCUT2D eigenvalue weighted by molar-refractivity contribution is -0.648. The molecule has 0 N–H and O–H groups in total. The van der Waals surface area contributed by atoms with E-state index in [2.05, 4.69) is 6.07 Å². The quantitative estimate of drug-likeness (QED) is 0.629. The Hall–Kier alpha value is -1.67. The van der Waals surface area contributed by atoms with E-state index in [1.807, 2.05) is 43.7 Å². The molecule has 1 heterocycles. The molecular weight excluding hydrogens is 249 g/mol. The standard InChI is InChI=1S/C13H15NO3P/c1-4-16-12-8-10-6-5-9(2)7-11(10)14(3)13(12)17-18-15/h5-8H,4H2,1-3H3/q+1. The smallest absolute Gasteiger partial charge is 0.422 e. The van der Waals surface area contributed by atoms with Crippen LogP contribution in [0.3, 0.4) is 0 Å². The van der Waals surface area contributed by atoms with Gasteiger partial charge in [0.25, 0.3) is 0 Å². The van der Waals surface area contributed by atoms with Crippen molar-refractivity contribution in [3.8, 4) is 11.6 Å². The number of pyridine rings is 1. The normalized spacial score (nSPS) is 10.8. The predicted octanol–water partition coefficient (Wildman–Crippen LogP) is 2.96. The molecule has 18 heavy (non-hydrogen) atoms. The van der Waals surface area contributed by atoms with Gasteiger partial charge in [-0.05, 0) is 25.5 Å². The molecule has 0 aliphatic heterocycles. The molecule has 0 saturated heterocycles. The maximum atomic E-state index is 10.7. The zero-order chi connectivity index (χ0) is 13.1. The Balaban J connectivity index is 2.72. The Bertz CT molecular complexity index is 598. The van der Waals surface area contributed by atoms with Crippen LogP contribution in [0.5, 0.6) is 11.6 Å². The van der Waals surface area contributed by atoms with Gasteiger partial charge < -0.3 is 9.26 Å². The molecule has 0 aliphatic carbocycles. The first-order chi connectivity index (χ1) is 8.67. The molecule has 2 rings (SSSR count). The zero-order valence-electron chi connectivity index (χ0n) is 10.6. The van der Waals surface area contributed by atoms with Crippen LogP contribution in [-0.2, 0) is 11.6 Å². The Morgan fingerprint density at radius 2 is 2.11 bits per heavy atom. The Kier molecular flexibility index (Phi) is 3.78. The second kappa shape index (κ2) is 5.32. The molecule has 0 spiro atoms. The van der Waals surface area contributed by atoms with Gasteiger partial charge in [0.05, 0.1) is 12.0 Å². The summed E-state index contributed by atoms with van der Waals surface area (Å²) in [7, 11) is 1.48. The molecule has 5 heteroatoms. The maximum absolute atomic E-state index is 10.7. The predicted molar refractivity (Wildman–Crippen MR) is 69.3 cm³/mol. The van der Waals surface area contributed by atoms with Gasteiger partial charge >= 0.3 is 14.6 Å². The summed E-state index contributed by atoms with van der Waals surface area (Å²) < 4.78 is 23.2. The lowest BCUT2D eigenvalue weighted by Crippen LogP contribution is -2.31. The van der Waals surface area contributed by atoms with E-state index in [4.69, 9.17) is 9.26 Å². The Morgan fingerprint density at radius 3 is 2.78 bits per heavy atom. The highest BCUT2D eigenvalue weighted by molar-refractivity contribution is 7.17. The minimum absolute atomic E-state index is 0.390. The van der Waals surface area contributed by atoms with Crippen LogP contribution in [0.4, 0.5) is 0 Å². The largest absolute Gasteiger partial charge is 0.485 e. The minimum atomic E-state index is -0.390. The molecular formula is C13H15NO3P+. The van der Waals surface area contributed by atoms with Crippen molar-refractivity contribution < 1.29 is 18.4 Å². The number of nitrogens with zero attached hydrogens (tertiary/aromatic N) is 1. The van der Waals surface area contributed by atoms with Crippen LogP contribution in [0.15, 0.2) is 24.3 Å². The number of hydrogen-bond acceptors (Lipinski definition) is 3. The van der Waals surface area contributed by atoms with Gasteiger partial charge in [-0.1, -0.05) is 6.07 Å². The van der Waals surface area contributed by atoms with Gasteiger partial charge in [-0.3, -0.25) is 0 Å². The molecule has 1 aromatic heterocycles. The van der Waals surface area contributed by atoms with Crippen LogP contribution in [0.2, 0.25) is 0 Å². The van der Waals surface area contributed by atoms with Gasteiger partial charge in [-0.2, -0.15) is 4.57 Å². The van der Waals surface area contributed by atoms with Crippen LogP contribution in [0.1, 0.15) is 12.5 Å². The van der Waals surface area contributed by atoms with E-state index in [-0.39, 0.29) is 8.69 Å². The molecule has 0 unspecified atom stereocenters. The number of fused-ring (bicyclic) bond motifs is 1. The summed E-state index contributed by atoms with van der Waals surface area (Å²) in [5.41, 5.74) is 2.17. The highest BCUT2D eigenvalue weighted by Gasteiger charge is 2.21. The number of benzene rings is 1. The van der Waals surface area contributed by atoms with Crippen LogP contribution in [0.25, 0.3) is 10.9 Å². The third-order valence-corrected chi connectivity index (χ3v) is 3.02. The monoisotopic (exact) mass is 264 g/mol. The maximum Gasteiger partial charge on any atom is 0.422 e. The fourth-order valence-electron chi connectivity index (χ4n) is 1.94. The topological polar surface area (TPSA) is 39.4 Å². The first kappa shape index (κ1) is 12.8. The van der Waals surface area contributed by atoms with E-state index in [0.29, 0.717) is 18.2 Å². The van der Waals surface area contributed by atoms with Crippen molar-refractivity contribution in [2.75, 3.05) is 6.61 Å². The van der Waals surface area contributed by atoms with Gasteiger partial charge in [0, 0.05) is 12.1 Å². The Labute approximate surface area is 107 Å². The summed E-state index contributed by atoms with van der Waals surface area (Å²) in [6.07, 6.45) is 0. The first-order valence-corrected chi connectivity index (χ1v) is 6.46. The molecule has 94 valence electrons. The van der Waals surface area contributed by atoms with Crippen LogP contribution >= 0.6 is 8.69 Å². The van der Waals surface area contributed by atoms with Crippen LogP contribution in [0, 0.1) is 6.92 Å². The third kappa shape index (κ3) is 2.29. The first-order valence-electron chi connectivity index (χ1n) is 5.73. The van der Waals surface area contributed by atoms with E-state index in [1.54, 1.807) is 0 Å². The number of hydrogen-bond donors (Lipinski definition) is 0. The van der Waals surface area contributed by atoms with E-state index in [0.717, 1.165) is 16.5 Å². The van der Waals surface area contributed by atoms with Crippen molar-refractivity contribution in [1.82, 2.24) is 0 Å². The molecule has 0 bridgehead atoms. The summed E-state index contributed by atoms with van der Waals surface area (Å²) in [6.45, 7) is 4.46. The fraction of sp³-hybridized carbons (Fsp3) is 0.308. The summed E-state index contributed by atoms with van der Waals surface area (Å²) in [4.78, 5) is 0. The average Bonchev–Trinajstić information content (AvgIpc) is 2.35. The second-order valence-corrected chi connectivity index (χ2v) is 4.37. The molecule has 0 aliphatic rings. The van der Waals surface area contributed by atoms with Crippen LogP contribution < -0.4 is 13.8 Å². The highest BCUT2D eigenvalue weighted by atomic mass is 31.1. The molecule has 4 nitrogen and oxygen atoms in total. The summed E-state index contributed by atoms with van der Waals surface area (Å²) >= 11 is 0. The summed E-state index contributed by atoms with van der Waals surface area (Å²) in [5.74, 6) is 1.06. The summed E-state index contributed by atoms with van der Waals surface area (Å²) in [5, 5.41) is 1.06. The number of rotatable bonds is 4. The van der Waals surface area contributed by atoms with E-state index in [1.165, 1.54) is 0 Å². The van der Waals surface area contributed by atoms with E-state index < -0.39 is 0 Å². The molecule has 0 radical (unpaired) electrons. The van der Waals surface area contributed by atoms with E-state index >= 15 is 0 Å². The summed E-state index contributed by atoms with van der Waals surface area (Å²) in [6, 6.07) is 8.04. The fourth-order valence-corrected chi connectivity index (χ4v) is 2.23. The van der Waals surface area contributed by atoms with Crippen molar-refractivity contribution in [3.05, 3.63) is 29.8 Å². The van der Waals surface area contributed by atoms with Crippen molar-refractivity contribution in [2.45, 2.75) is 13.8 Å². The van der Waals surface area contributed by atoms with Gasteiger partial charge in [0.1, 0.15) is 7.05 Å². The SMILES string of the molecule is CCOc1cc2ccc(C)cc2[n+](C)c1OP=O. The highest BCUT2D eigenvalue weighted by Crippen LogP contribution is 2.29. The van der Waals surface area contributed by atoms with Crippen molar-refractivity contribution in [2.24, 2.45) is 7.05 Å². The van der Waals surface area contributed by atoms with E-state index in [9.17, 15) is 4.57 Å². The third-order valence-electron chi connectivity index (χ3n) is 2.77. The number of ether oxygens (including phenoxy) is 1.